The zero-order valence-corrected chi connectivity index (χ0v) is 26.1. The van der Waals surface area contributed by atoms with Crippen LogP contribution in [0.4, 0.5) is 5.69 Å². The fourth-order valence-electron chi connectivity index (χ4n) is 4.46. The summed E-state index contributed by atoms with van der Waals surface area (Å²) in [6, 6.07) is 11.4. The van der Waals surface area contributed by atoms with Crippen LogP contribution >= 0.6 is 0 Å². The molecule has 1 unspecified atom stereocenters. The molecule has 40 heavy (non-hydrogen) atoms. The molecule has 0 heterocycles. The monoisotopic (exact) mass is 552 g/mol. The summed E-state index contributed by atoms with van der Waals surface area (Å²) in [6.45, 7) is 18.1. The minimum absolute atomic E-state index is 0.0610. The second-order valence-corrected chi connectivity index (χ2v) is 12.0. The Morgan fingerprint density at radius 3 is 2.23 bits per heavy atom. The molecule has 2 rings (SSSR count). The Hall–Kier alpha value is -3.02. The third-order valence-corrected chi connectivity index (χ3v) is 8.25. The highest BCUT2D eigenvalue weighted by molar-refractivity contribution is 6.00. The van der Waals surface area contributed by atoms with Crippen LogP contribution in [0.15, 0.2) is 36.4 Å². The maximum atomic E-state index is 13.0. The van der Waals surface area contributed by atoms with Crippen LogP contribution in [-0.4, -0.2) is 24.5 Å². The number of para-hydroxylation sites is 1. The van der Waals surface area contributed by atoms with Crippen molar-refractivity contribution in [2.75, 3.05) is 12.3 Å². The average molecular weight is 553 g/mol. The molecule has 6 heteroatoms. The van der Waals surface area contributed by atoms with Crippen LogP contribution in [0.1, 0.15) is 128 Å². The third-order valence-electron chi connectivity index (χ3n) is 8.25. The lowest BCUT2D eigenvalue weighted by Crippen LogP contribution is -2.27. The van der Waals surface area contributed by atoms with Crippen molar-refractivity contribution in [1.82, 2.24) is 5.32 Å². The van der Waals surface area contributed by atoms with Crippen molar-refractivity contribution in [3.8, 4) is 11.5 Å². The molecule has 222 valence electrons. The molecule has 3 N–H and O–H groups in total. The summed E-state index contributed by atoms with van der Waals surface area (Å²) in [5, 5.41) is 2.91. The van der Waals surface area contributed by atoms with E-state index in [-0.39, 0.29) is 40.7 Å². The number of unbranched alkanes of at least 4 members (excludes halogenated alkanes) is 3. The summed E-state index contributed by atoms with van der Waals surface area (Å²) in [6.07, 6.45) is 6.61. The Labute approximate surface area is 242 Å². The molecule has 0 saturated heterocycles. The molecule has 2 aromatic carbocycles. The molecule has 0 aliphatic rings. The number of ether oxygens (including phenoxy) is 2. The second-order valence-electron chi connectivity index (χ2n) is 12.0. The van der Waals surface area contributed by atoms with Crippen molar-refractivity contribution < 1.29 is 19.1 Å². The molecule has 0 aliphatic heterocycles. The van der Waals surface area contributed by atoms with E-state index in [9.17, 15) is 9.59 Å². The SMILES string of the molecule is CCCCCCNC(=O)c1cccc(OC(=O)CC(CC)Oc2ccc(C(C)(C)CC)cc2C(C)(C)CC)c1N. The molecule has 1 atom stereocenters. The second kappa shape index (κ2) is 15.1. The summed E-state index contributed by atoms with van der Waals surface area (Å²) >= 11 is 0. The van der Waals surface area contributed by atoms with E-state index >= 15 is 0 Å². The highest BCUT2D eigenvalue weighted by Gasteiger charge is 2.28. The van der Waals surface area contributed by atoms with Gasteiger partial charge in [0.1, 0.15) is 11.9 Å². The predicted octanol–water partition coefficient (Wildman–Crippen LogP) is 8.11. The highest BCUT2D eigenvalue weighted by Crippen LogP contribution is 2.39. The van der Waals surface area contributed by atoms with E-state index < -0.39 is 5.97 Å². The Morgan fingerprint density at radius 1 is 0.900 bits per heavy atom. The summed E-state index contributed by atoms with van der Waals surface area (Å²) < 4.78 is 12.1. The van der Waals surface area contributed by atoms with E-state index in [2.05, 4.69) is 72.0 Å². The lowest BCUT2D eigenvalue weighted by molar-refractivity contribution is -0.136. The zero-order chi connectivity index (χ0) is 29.9. The number of benzene rings is 2. The Bertz CT molecular complexity index is 1120. The van der Waals surface area contributed by atoms with Gasteiger partial charge in [0, 0.05) is 12.1 Å². The molecule has 0 radical (unpaired) electrons. The Balaban J connectivity index is 2.15. The van der Waals surface area contributed by atoms with Gasteiger partial charge in [-0.05, 0) is 60.3 Å². The topological polar surface area (TPSA) is 90.6 Å². The van der Waals surface area contributed by atoms with E-state index in [1.54, 1.807) is 18.2 Å². The van der Waals surface area contributed by atoms with Crippen LogP contribution < -0.4 is 20.5 Å². The van der Waals surface area contributed by atoms with Crippen LogP contribution in [0.3, 0.4) is 0 Å². The van der Waals surface area contributed by atoms with Gasteiger partial charge in [-0.15, -0.1) is 0 Å². The lowest BCUT2D eigenvalue weighted by atomic mass is 9.76. The van der Waals surface area contributed by atoms with Gasteiger partial charge >= 0.3 is 5.97 Å². The van der Waals surface area contributed by atoms with Crippen LogP contribution in [0, 0.1) is 0 Å². The van der Waals surface area contributed by atoms with E-state index in [0.717, 1.165) is 49.8 Å². The molecule has 0 bridgehead atoms. The number of esters is 1. The summed E-state index contributed by atoms with van der Waals surface area (Å²) in [5.74, 6) is 0.287. The van der Waals surface area contributed by atoms with Gasteiger partial charge < -0.3 is 20.5 Å². The van der Waals surface area contributed by atoms with Crippen molar-refractivity contribution in [2.45, 2.75) is 124 Å². The molecule has 0 aliphatic carbocycles. The summed E-state index contributed by atoms with van der Waals surface area (Å²) in [5.41, 5.74) is 9.13. The van der Waals surface area contributed by atoms with E-state index in [0.29, 0.717) is 18.5 Å². The van der Waals surface area contributed by atoms with Gasteiger partial charge in [0.2, 0.25) is 0 Å². The molecule has 0 saturated carbocycles. The van der Waals surface area contributed by atoms with Gasteiger partial charge in [0.05, 0.1) is 17.7 Å². The normalized spacial score (nSPS) is 12.6. The molecule has 0 spiro atoms. The van der Waals surface area contributed by atoms with Crippen molar-refractivity contribution in [2.24, 2.45) is 0 Å². The van der Waals surface area contributed by atoms with E-state index in [1.165, 1.54) is 5.56 Å². The van der Waals surface area contributed by atoms with Crippen molar-refractivity contribution in [1.29, 1.82) is 0 Å². The van der Waals surface area contributed by atoms with E-state index in [1.807, 2.05) is 6.92 Å². The van der Waals surface area contributed by atoms with Crippen LogP contribution in [-0.2, 0) is 15.6 Å². The van der Waals surface area contributed by atoms with Crippen LogP contribution in [0.25, 0.3) is 0 Å². The predicted molar refractivity (Wildman–Crippen MR) is 165 cm³/mol. The van der Waals surface area contributed by atoms with Gasteiger partial charge in [0.15, 0.2) is 5.75 Å². The van der Waals surface area contributed by atoms with Gasteiger partial charge in [-0.1, -0.05) is 92.9 Å². The van der Waals surface area contributed by atoms with Gasteiger partial charge in [-0.3, -0.25) is 9.59 Å². The Kier molecular flexibility index (Phi) is 12.5. The first-order chi connectivity index (χ1) is 18.9. The number of nitrogens with one attached hydrogen (secondary N) is 1. The van der Waals surface area contributed by atoms with Gasteiger partial charge in [0.25, 0.3) is 5.91 Å². The minimum atomic E-state index is -0.448. The fourth-order valence-corrected chi connectivity index (χ4v) is 4.46. The largest absolute Gasteiger partial charge is 0.490 e. The Morgan fingerprint density at radius 2 is 1.60 bits per heavy atom. The molecule has 2 aromatic rings. The fraction of sp³-hybridized carbons (Fsp3) is 0.588. The van der Waals surface area contributed by atoms with Crippen LogP contribution in [0.2, 0.25) is 0 Å². The molecule has 6 nitrogen and oxygen atoms in total. The quantitative estimate of drug-likeness (QED) is 0.0950. The lowest BCUT2D eigenvalue weighted by Gasteiger charge is -2.31. The summed E-state index contributed by atoms with van der Waals surface area (Å²) in [7, 11) is 0. The highest BCUT2D eigenvalue weighted by atomic mass is 16.5. The third kappa shape index (κ3) is 9.00. The number of amides is 1. The molecular weight excluding hydrogens is 500 g/mol. The maximum Gasteiger partial charge on any atom is 0.315 e. The van der Waals surface area contributed by atoms with Crippen molar-refractivity contribution >= 4 is 17.6 Å². The first-order valence-electron chi connectivity index (χ1n) is 15.1. The zero-order valence-electron chi connectivity index (χ0n) is 26.1. The average Bonchev–Trinajstić information content (AvgIpc) is 2.93. The van der Waals surface area contributed by atoms with Crippen LogP contribution in [0.5, 0.6) is 11.5 Å². The van der Waals surface area contributed by atoms with E-state index in [4.69, 9.17) is 15.2 Å². The standard InChI is InChI=1S/C34H52N2O4/c1-9-13-14-15-21-36-32(38)26-17-16-18-29(31(26)35)40-30(37)23-25(10-2)39-28-20-19-24(33(5,6)11-3)22-27(28)34(7,8)12-4/h16-20,22,25H,9-15,21,23,35H2,1-8H3,(H,36,38). The van der Waals surface area contributed by atoms with Gasteiger partial charge in [-0.2, -0.15) is 0 Å². The molecule has 0 aromatic heterocycles. The number of nitrogen functional groups attached to an aromatic ring is 1. The number of carbonyl (C=O) groups is 2. The summed E-state index contributed by atoms with van der Waals surface area (Å²) in [4.78, 5) is 25.6. The molecule has 0 fully saturated rings. The minimum Gasteiger partial charge on any atom is -0.490 e. The van der Waals surface area contributed by atoms with Gasteiger partial charge in [-0.25, -0.2) is 0 Å². The number of hydrogen-bond donors (Lipinski definition) is 2. The number of nitrogens with two attached hydrogens (primary N) is 1. The van der Waals surface area contributed by atoms with Crippen molar-refractivity contribution in [3.63, 3.8) is 0 Å². The molecular formula is C34H52N2O4. The number of anilines is 1. The smallest absolute Gasteiger partial charge is 0.315 e. The maximum absolute atomic E-state index is 13.0. The number of rotatable bonds is 16. The number of hydrogen-bond acceptors (Lipinski definition) is 5. The first-order valence-corrected chi connectivity index (χ1v) is 15.1. The number of carbonyl (C=O) groups excluding carboxylic acids is 2. The van der Waals surface area contributed by atoms with Crippen molar-refractivity contribution in [3.05, 3.63) is 53.1 Å². The first kappa shape index (κ1) is 33.2. The molecule has 1 amide bonds.